The number of aryl methyl sites for hydroxylation is 2. The van der Waals surface area contributed by atoms with Gasteiger partial charge < -0.3 is 0 Å². The molecular weight excluding hydrogens is 260 g/mol. The number of rotatable bonds is 5. The second-order valence-corrected chi connectivity index (χ2v) is 6.04. The Bertz CT molecular complexity index is 576. The van der Waals surface area contributed by atoms with Gasteiger partial charge in [0.1, 0.15) is 0 Å². The van der Waals surface area contributed by atoms with Crippen LogP contribution in [0.25, 0.3) is 0 Å². The molecule has 0 saturated carbocycles. The van der Waals surface area contributed by atoms with Crippen molar-refractivity contribution in [3.05, 3.63) is 47.5 Å². The van der Waals surface area contributed by atoms with E-state index >= 15 is 0 Å². The Labute approximate surface area is 126 Å². The summed E-state index contributed by atoms with van der Waals surface area (Å²) in [5.41, 5.74) is 4.05. The molecule has 1 aliphatic rings. The Kier molecular flexibility index (Phi) is 4.34. The largest absolute Gasteiger partial charge is 0.296 e. The van der Waals surface area contributed by atoms with Crippen molar-refractivity contribution in [3.8, 4) is 0 Å². The highest BCUT2D eigenvalue weighted by Gasteiger charge is 2.25. The lowest BCUT2D eigenvalue weighted by atomic mass is 10.0. The van der Waals surface area contributed by atoms with E-state index in [2.05, 4.69) is 34.0 Å². The summed E-state index contributed by atoms with van der Waals surface area (Å²) in [6.07, 6.45) is 10.8. The van der Waals surface area contributed by atoms with Crippen molar-refractivity contribution in [1.82, 2.24) is 19.7 Å². The monoisotopic (exact) mass is 284 g/mol. The highest BCUT2D eigenvalue weighted by Crippen LogP contribution is 2.24. The van der Waals surface area contributed by atoms with E-state index in [1.165, 1.54) is 42.6 Å². The summed E-state index contributed by atoms with van der Waals surface area (Å²) >= 11 is 0. The Balaban J connectivity index is 1.59. The summed E-state index contributed by atoms with van der Waals surface area (Å²) in [5, 5.41) is 4.36. The van der Waals surface area contributed by atoms with Crippen LogP contribution in [0.1, 0.15) is 36.1 Å². The predicted molar refractivity (Wildman–Crippen MR) is 83.9 cm³/mol. The number of hydrogen-bond acceptors (Lipinski definition) is 3. The van der Waals surface area contributed by atoms with Gasteiger partial charge in [0.25, 0.3) is 0 Å². The van der Waals surface area contributed by atoms with Crippen LogP contribution in [-0.2, 0) is 20.0 Å². The summed E-state index contributed by atoms with van der Waals surface area (Å²) in [7, 11) is 2.02. The SMILES string of the molecule is Cc1c(CN2CCC[C@@H]2CCc2ccncc2)cnn1C. The lowest BCUT2D eigenvalue weighted by molar-refractivity contribution is 0.234. The minimum absolute atomic E-state index is 0.706. The third kappa shape index (κ3) is 3.32. The molecule has 0 aliphatic carbocycles. The predicted octanol–water partition coefficient (Wildman–Crippen LogP) is 2.72. The van der Waals surface area contributed by atoms with Crippen LogP contribution in [0.3, 0.4) is 0 Å². The fourth-order valence-electron chi connectivity index (χ4n) is 3.23. The van der Waals surface area contributed by atoms with E-state index in [9.17, 15) is 0 Å². The van der Waals surface area contributed by atoms with Gasteiger partial charge in [-0.2, -0.15) is 5.10 Å². The van der Waals surface area contributed by atoms with Gasteiger partial charge in [-0.3, -0.25) is 14.6 Å². The molecule has 1 saturated heterocycles. The normalized spacial score (nSPS) is 19.2. The van der Waals surface area contributed by atoms with Crippen molar-refractivity contribution in [1.29, 1.82) is 0 Å². The summed E-state index contributed by atoms with van der Waals surface area (Å²) in [6.45, 7) is 4.42. The first-order valence-electron chi connectivity index (χ1n) is 7.84. The fourth-order valence-corrected chi connectivity index (χ4v) is 3.23. The quantitative estimate of drug-likeness (QED) is 0.846. The molecule has 0 spiro atoms. The van der Waals surface area contributed by atoms with E-state index in [0.717, 1.165) is 13.0 Å². The van der Waals surface area contributed by atoms with Crippen molar-refractivity contribution in [2.75, 3.05) is 6.54 Å². The van der Waals surface area contributed by atoms with Crippen LogP contribution in [0.15, 0.2) is 30.7 Å². The standard InChI is InChI=1S/C17H24N4/c1-14-16(12-19-20(14)2)13-21-11-3-4-17(21)6-5-15-7-9-18-10-8-15/h7-10,12,17H,3-6,11,13H2,1-2H3/t17-/m1/s1. The van der Waals surface area contributed by atoms with Crippen molar-refractivity contribution in [2.45, 2.75) is 45.2 Å². The average molecular weight is 284 g/mol. The minimum Gasteiger partial charge on any atom is -0.296 e. The summed E-state index contributed by atoms with van der Waals surface area (Å²) in [4.78, 5) is 6.72. The van der Waals surface area contributed by atoms with Gasteiger partial charge in [-0.05, 0) is 56.8 Å². The van der Waals surface area contributed by atoms with Gasteiger partial charge in [-0.15, -0.1) is 0 Å². The number of nitrogens with zero attached hydrogens (tertiary/aromatic N) is 4. The summed E-state index contributed by atoms with van der Waals surface area (Å²) in [5.74, 6) is 0. The molecule has 0 radical (unpaired) electrons. The summed E-state index contributed by atoms with van der Waals surface area (Å²) in [6, 6.07) is 4.97. The Morgan fingerprint density at radius 3 is 2.81 bits per heavy atom. The molecule has 112 valence electrons. The first kappa shape index (κ1) is 14.3. The lowest BCUT2D eigenvalue weighted by Crippen LogP contribution is -2.29. The van der Waals surface area contributed by atoms with Crippen molar-refractivity contribution in [3.63, 3.8) is 0 Å². The third-order valence-corrected chi connectivity index (χ3v) is 4.73. The number of hydrogen-bond donors (Lipinski definition) is 0. The molecule has 1 aliphatic heterocycles. The third-order valence-electron chi connectivity index (χ3n) is 4.73. The van der Waals surface area contributed by atoms with Gasteiger partial charge >= 0.3 is 0 Å². The second kappa shape index (κ2) is 6.39. The molecule has 4 nitrogen and oxygen atoms in total. The van der Waals surface area contributed by atoms with E-state index in [1.54, 1.807) is 0 Å². The molecule has 1 fully saturated rings. The van der Waals surface area contributed by atoms with Gasteiger partial charge in [0.15, 0.2) is 0 Å². The van der Waals surface area contributed by atoms with Gasteiger partial charge in [0.05, 0.1) is 6.20 Å². The maximum absolute atomic E-state index is 4.36. The molecule has 0 bridgehead atoms. The van der Waals surface area contributed by atoms with Gasteiger partial charge in [0, 0.05) is 43.3 Å². The van der Waals surface area contributed by atoms with E-state index in [1.807, 2.05) is 30.3 Å². The Morgan fingerprint density at radius 1 is 1.29 bits per heavy atom. The van der Waals surface area contributed by atoms with Crippen LogP contribution in [0.2, 0.25) is 0 Å². The first-order valence-corrected chi connectivity index (χ1v) is 7.84. The van der Waals surface area contributed by atoms with Crippen LogP contribution < -0.4 is 0 Å². The zero-order chi connectivity index (χ0) is 14.7. The molecule has 4 heteroatoms. The van der Waals surface area contributed by atoms with Gasteiger partial charge in [-0.25, -0.2) is 0 Å². The zero-order valence-corrected chi connectivity index (χ0v) is 13.0. The van der Waals surface area contributed by atoms with E-state index in [0.29, 0.717) is 6.04 Å². The first-order chi connectivity index (χ1) is 10.2. The van der Waals surface area contributed by atoms with Crippen LogP contribution in [0.5, 0.6) is 0 Å². The molecule has 21 heavy (non-hydrogen) atoms. The number of pyridine rings is 1. The Morgan fingerprint density at radius 2 is 2.10 bits per heavy atom. The number of likely N-dealkylation sites (tertiary alicyclic amines) is 1. The number of aromatic nitrogens is 3. The lowest BCUT2D eigenvalue weighted by Gasteiger charge is -2.24. The van der Waals surface area contributed by atoms with E-state index < -0.39 is 0 Å². The Hall–Kier alpha value is -1.68. The van der Waals surface area contributed by atoms with Crippen molar-refractivity contribution < 1.29 is 0 Å². The van der Waals surface area contributed by atoms with Gasteiger partial charge in [0.2, 0.25) is 0 Å². The van der Waals surface area contributed by atoms with E-state index in [-0.39, 0.29) is 0 Å². The average Bonchev–Trinajstić information content (AvgIpc) is 3.08. The zero-order valence-electron chi connectivity index (χ0n) is 13.0. The van der Waals surface area contributed by atoms with Crippen LogP contribution in [-0.4, -0.2) is 32.3 Å². The molecule has 1 atom stereocenters. The highest BCUT2D eigenvalue weighted by molar-refractivity contribution is 5.16. The molecule has 2 aromatic heterocycles. The maximum Gasteiger partial charge on any atom is 0.0537 e. The fraction of sp³-hybridized carbons (Fsp3) is 0.529. The smallest absolute Gasteiger partial charge is 0.0537 e. The molecule has 0 aromatic carbocycles. The van der Waals surface area contributed by atoms with Crippen LogP contribution in [0, 0.1) is 6.92 Å². The molecule has 3 rings (SSSR count). The van der Waals surface area contributed by atoms with Crippen LogP contribution >= 0.6 is 0 Å². The molecule has 3 heterocycles. The molecule has 2 aromatic rings. The maximum atomic E-state index is 4.36. The van der Waals surface area contributed by atoms with Gasteiger partial charge in [-0.1, -0.05) is 0 Å². The van der Waals surface area contributed by atoms with Crippen molar-refractivity contribution >= 4 is 0 Å². The second-order valence-electron chi connectivity index (χ2n) is 6.04. The molecular formula is C17H24N4. The van der Waals surface area contributed by atoms with Crippen molar-refractivity contribution in [2.24, 2.45) is 7.05 Å². The molecule has 0 unspecified atom stereocenters. The molecule has 0 N–H and O–H groups in total. The van der Waals surface area contributed by atoms with E-state index in [4.69, 9.17) is 0 Å². The highest BCUT2D eigenvalue weighted by atomic mass is 15.3. The minimum atomic E-state index is 0.706. The summed E-state index contributed by atoms with van der Waals surface area (Å²) < 4.78 is 1.97. The van der Waals surface area contributed by atoms with Crippen LogP contribution in [0.4, 0.5) is 0 Å². The molecule has 0 amide bonds. The topological polar surface area (TPSA) is 34.0 Å².